The smallest absolute Gasteiger partial charge is 0.123 e. The number of para-hydroxylation sites is 1. The summed E-state index contributed by atoms with van der Waals surface area (Å²) >= 11 is 0. The van der Waals surface area contributed by atoms with Crippen molar-refractivity contribution in [3.8, 4) is 5.75 Å². The number of furan rings is 1. The van der Waals surface area contributed by atoms with Gasteiger partial charge in [-0.3, -0.25) is 0 Å². The highest BCUT2D eigenvalue weighted by Gasteiger charge is 2.07. The molecule has 0 atom stereocenters. The second-order valence-corrected chi connectivity index (χ2v) is 3.96. The number of ether oxygens (including phenoxy) is 1. The van der Waals surface area contributed by atoms with Gasteiger partial charge >= 0.3 is 0 Å². The van der Waals surface area contributed by atoms with Crippen molar-refractivity contribution in [2.75, 3.05) is 0 Å². The second kappa shape index (κ2) is 6.07. The molecule has 3 nitrogen and oxygen atoms in total. The van der Waals surface area contributed by atoms with Crippen LogP contribution in [0.3, 0.4) is 0 Å². The molecule has 0 aliphatic heterocycles. The molecular weight excluding hydrogens is 226 g/mol. The van der Waals surface area contributed by atoms with Gasteiger partial charge in [-0.05, 0) is 24.1 Å². The number of hydrogen-bond acceptors (Lipinski definition) is 3. The Balaban J connectivity index is 2.08. The molecule has 0 bridgehead atoms. The van der Waals surface area contributed by atoms with E-state index in [-0.39, 0.29) is 0 Å². The van der Waals surface area contributed by atoms with Gasteiger partial charge in [0.25, 0.3) is 0 Å². The monoisotopic (exact) mass is 243 g/mol. The number of hydrogen-bond donors (Lipinski definition) is 1. The van der Waals surface area contributed by atoms with Gasteiger partial charge in [-0.25, -0.2) is 0 Å². The summed E-state index contributed by atoms with van der Waals surface area (Å²) < 4.78 is 11.1. The standard InChI is InChI=1S/C15H17NO2/c1-2-5-12-6-3-4-7-14(12)18-11-13-8-9-17-15(13)10-16/h2-4,6-9H,1,5,10-11,16H2. The Kier molecular flexibility index (Phi) is 4.20. The molecule has 94 valence electrons. The number of allylic oxidation sites excluding steroid dienone is 1. The Morgan fingerprint density at radius 3 is 2.83 bits per heavy atom. The molecule has 0 aliphatic carbocycles. The number of benzene rings is 1. The molecular formula is C15H17NO2. The van der Waals surface area contributed by atoms with Crippen LogP contribution in [0, 0.1) is 0 Å². The summed E-state index contributed by atoms with van der Waals surface area (Å²) in [5.74, 6) is 1.65. The lowest BCUT2D eigenvalue weighted by Crippen LogP contribution is -2.03. The minimum absolute atomic E-state index is 0.389. The molecule has 2 N–H and O–H groups in total. The third kappa shape index (κ3) is 2.81. The van der Waals surface area contributed by atoms with E-state index in [0.717, 1.165) is 29.1 Å². The molecule has 2 rings (SSSR count). The summed E-state index contributed by atoms with van der Waals surface area (Å²) in [6.07, 6.45) is 4.30. The molecule has 1 aromatic heterocycles. The number of nitrogens with two attached hydrogens (primary N) is 1. The summed E-state index contributed by atoms with van der Waals surface area (Å²) in [6.45, 7) is 4.61. The minimum Gasteiger partial charge on any atom is -0.488 e. The molecule has 0 saturated carbocycles. The molecule has 0 spiro atoms. The van der Waals surface area contributed by atoms with E-state index in [4.69, 9.17) is 14.9 Å². The van der Waals surface area contributed by atoms with Gasteiger partial charge in [0.15, 0.2) is 0 Å². The van der Waals surface area contributed by atoms with Crippen LogP contribution in [0.25, 0.3) is 0 Å². The van der Waals surface area contributed by atoms with Crippen LogP contribution >= 0.6 is 0 Å². The largest absolute Gasteiger partial charge is 0.488 e. The minimum atomic E-state index is 0.389. The summed E-state index contributed by atoms with van der Waals surface area (Å²) in [6, 6.07) is 9.84. The highest BCUT2D eigenvalue weighted by Crippen LogP contribution is 2.21. The van der Waals surface area contributed by atoms with Crippen molar-refractivity contribution in [1.29, 1.82) is 0 Å². The Hall–Kier alpha value is -2.00. The first-order valence-electron chi connectivity index (χ1n) is 5.92. The van der Waals surface area contributed by atoms with E-state index >= 15 is 0 Å². The highest BCUT2D eigenvalue weighted by molar-refractivity contribution is 5.35. The van der Waals surface area contributed by atoms with E-state index < -0.39 is 0 Å². The fourth-order valence-corrected chi connectivity index (χ4v) is 1.80. The Morgan fingerprint density at radius 2 is 2.06 bits per heavy atom. The zero-order valence-corrected chi connectivity index (χ0v) is 10.3. The van der Waals surface area contributed by atoms with E-state index in [1.54, 1.807) is 6.26 Å². The topological polar surface area (TPSA) is 48.4 Å². The molecule has 0 radical (unpaired) electrons. The zero-order chi connectivity index (χ0) is 12.8. The van der Waals surface area contributed by atoms with Crippen LogP contribution in [-0.4, -0.2) is 0 Å². The summed E-state index contributed by atoms with van der Waals surface area (Å²) in [4.78, 5) is 0. The van der Waals surface area contributed by atoms with E-state index in [2.05, 4.69) is 6.58 Å². The van der Waals surface area contributed by atoms with Crippen LogP contribution in [0.1, 0.15) is 16.9 Å². The lowest BCUT2D eigenvalue weighted by atomic mass is 10.1. The van der Waals surface area contributed by atoms with Crippen LogP contribution in [0.5, 0.6) is 5.75 Å². The number of rotatable bonds is 6. The lowest BCUT2D eigenvalue weighted by Gasteiger charge is -2.10. The maximum Gasteiger partial charge on any atom is 0.123 e. The molecule has 18 heavy (non-hydrogen) atoms. The molecule has 0 amide bonds. The van der Waals surface area contributed by atoms with Crippen LogP contribution in [-0.2, 0) is 19.6 Å². The normalized spacial score (nSPS) is 10.3. The van der Waals surface area contributed by atoms with Crippen LogP contribution in [0.2, 0.25) is 0 Å². The van der Waals surface area contributed by atoms with Gasteiger partial charge in [-0.2, -0.15) is 0 Å². The molecule has 0 fully saturated rings. The molecule has 2 aromatic rings. The molecule has 1 heterocycles. The quantitative estimate of drug-likeness (QED) is 0.793. The molecule has 0 unspecified atom stereocenters. The SMILES string of the molecule is C=CCc1ccccc1OCc1ccoc1CN. The second-order valence-electron chi connectivity index (χ2n) is 3.96. The van der Waals surface area contributed by atoms with E-state index in [1.165, 1.54) is 0 Å². The Bertz CT molecular complexity index is 517. The summed E-state index contributed by atoms with van der Waals surface area (Å²) in [5.41, 5.74) is 7.70. The molecule has 3 heteroatoms. The van der Waals surface area contributed by atoms with Crippen LogP contribution in [0.15, 0.2) is 53.7 Å². The highest BCUT2D eigenvalue weighted by atomic mass is 16.5. The maximum atomic E-state index is 5.81. The van der Waals surface area contributed by atoms with Gasteiger partial charge in [-0.1, -0.05) is 24.3 Å². The fraction of sp³-hybridized carbons (Fsp3) is 0.200. The third-order valence-corrected chi connectivity index (χ3v) is 2.74. The summed E-state index contributed by atoms with van der Waals surface area (Å²) in [7, 11) is 0. The molecule has 0 aliphatic rings. The van der Waals surface area contributed by atoms with Crippen molar-refractivity contribution in [3.63, 3.8) is 0 Å². The first kappa shape index (κ1) is 12.5. The predicted molar refractivity (Wildman–Crippen MR) is 71.3 cm³/mol. The van der Waals surface area contributed by atoms with Crippen LogP contribution in [0.4, 0.5) is 0 Å². The van der Waals surface area contributed by atoms with Crippen molar-refractivity contribution in [1.82, 2.24) is 0 Å². The average molecular weight is 243 g/mol. The van der Waals surface area contributed by atoms with Gasteiger partial charge in [-0.15, -0.1) is 6.58 Å². The van der Waals surface area contributed by atoms with Crippen molar-refractivity contribution in [2.24, 2.45) is 5.73 Å². The van der Waals surface area contributed by atoms with Crippen LogP contribution < -0.4 is 10.5 Å². The third-order valence-electron chi connectivity index (χ3n) is 2.74. The molecule has 0 saturated heterocycles. The van der Waals surface area contributed by atoms with Gasteiger partial charge < -0.3 is 14.9 Å². The van der Waals surface area contributed by atoms with E-state index in [0.29, 0.717) is 13.2 Å². The van der Waals surface area contributed by atoms with Gasteiger partial charge in [0.2, 0.25) is 0 Å². The molecule has 1 aromatic carbocycles. The Labute approximate surface area is 107 Å². The lowest BCUT2D eigenvalue weighted by molar-refractivity contribution is 0.299. The summed E-state index contributed by atoms with van der Waals surface area (Å²) in [5, 5.41) is 0. The van der Waals surface area contributed by atoms with Gasteiger partial charge in [0.1, 0.15) is 18.1 Å². The van der Waals surface area contributed by atoms with E-state index in [9.17, 15) is 0 Å². The first-order chi connectivity index (χ1) is 8.85. The first-order valence-corrected chi connectivity index (χ1v) is 5.92. The predicted octanol–water partition coefficient (Wildman–Crippen LogP) is 3.05. The fourth-order valence-electron chi connectivity index (χ4n) is 1.80. The Morgan fingerprint density at radius 1 is 1.22 bits per heavy atom. The van der Waals surface area contributed by atoms with Gasteiger partial charge in [0.05, 0.1) is 12.8 Å². The zero-order valence-electron chi connectivity index (χ0n) is 10.3. The van der Waals surface area contributed by atoms with Crippen molar-refractivity contribution in [3.05, 3.63) is 66.1 Å². The maximum absolute atomic E-state index is 5.81. The van der Waals surface area contributed by atoms with E-state index in [1.807, 2.05) is 36.4 Å². The van der Waals surface area contributed by atoms with Crippen molar-refractivity contribution >= 4 is 0 Å². The van der Waals surface area contributed by atoms with Gasteiger partial charge in [0, 0.05) is 5.56 Å². The van der Waals surface area contributed by atoms with Crippen molar-refractivity contribution < 1.29 is 9.15 Å². The van der Waals surface area contributed by atoms with Crippen molar-refractivity contribution in [2.45, 2.75) is 19.6 Å². The average Bonchev–Trinajstić information content (AvgIpc) is 2.85.